The molecule has 0 saturated carbocycles. The summed E-state index contributed by atoms with van der Waals surface area (Å²) in [4.78, 5) is 16.0. The predicted molar refractivity (Wildman–Crippen MR) is 109 cm³/mol. The Morgan fingerprint density at radius 3 is 2.33 bits per heavy atom. The van der Waals surface area contributed by atoms with Crippen molar-refractivity contribution in [3.8, 4) is 0 Å². The highest BCUT2D eigenvalue weighted by Gasteiger charge is 2.51. The molecule has 144 valence electrons. The largest absolute Gasteiger partial charge is 0.373 e. The van der Waals surface area contributed by atoms with E-state index in [9.17, 15) is 4.79 Å². The lowest BCUT2D eigenvalue weighted by atomic mass is 9.73. The number of ether oxygens (including phenoxy) is 1. The van der Waals surface area contributed by atoms with Crippen LogP contribution in [0.3, 0.4) is 0 Å². The molecule has 4 nitrogen and oxygen atoms in total. The van der Waals surface area contributed by atoms with E-state index in [1.807, 2.05) is 74.4 Å². The lowest BCUT2D eigenvalue weighted by Gasteiger charge is -2.47. The summed E-state index contributed by atoms with van der Waals surface area (Å²) in [5.41, 5.74) is 1.36. The van der Waals surface area contributed by atoms with Crippen LogP contribution in [0.15, 0.2) is 60.7 Å². The minimum atomic E-state index is -0.817. The van der Waals surface area contributed by atoms with Crippen molar-refractivity contribution in [1.82, 2.24) is 10.2 Å². The van der Waals surface area contributed by atoms with Crippen LogP contribution in [0, 0.1) is 5.92 Å². The minimum Gasteiger partial charge on any atom is -0.373 e. The maximum absolute atomic E-state index is 14.0. The van der Waals surface area contributed by atoms with Gasteiger partial charge in [-0.3, -0.25) is 9.69 Å². The summed E-state index contributed by atoms with van der Waals surface area (Å²) in [5, 5.41) is 3.40. The molecule has 2 aromatic rings. The van der Waals surface area contributed by atoms with Crippen LogP contribution in [0.2, 0.25) is 0 Å². The SMILES string of the molecule is CC(Cc1ccccc1)C(=O)C(c1ccccc1)(C1CNCCO1)N(C)C. The van der Waals surface area contributed by atoms with Crippen LogP contribution in [0.5, 0.6) is 0 Å². The van der Waals surface area contributed by atoms with Crippen molar-refractivity contribution < 1.29 is 9.53 Å². The zero-order chi connectivity index (χ0) is 19.3. The molecule has 0 aromatic heterocycles. The quantitative estimate of drug-likeness (QED) is 0.818. The lowest BCUT2D eigenvalue weighted by molar-refractivity contribution is -0.149. The number of rotatable bonds is 7. The first-order chi connectivity index (χ1) is 13.1. The normalized spacial score (nSPS) is 20.8. The third-order valence-corrected chi connectivity index (χ3v) is 5.52. The molecule has 1 aliphatic rings. The summed E-state index contributed by atoms with van der Waals surface area (Å²) in [6.45, 7) is 4.14. The summed E-state index contributed by atoms with van der Waals surface area (Å²) in [6.07, 6.45) is 0.497. The number of benzene rings is 2. The highest BCUT2D eigenvalue weighted by atomic mass is 16.5. The number of likely N-dealkylation sites (N-methyl/N-ethyl adjacent to an activating group) is 1. The van der Waals surface area contributed by atoms with Gasteiger partial charge in [-0.25, -0.2) is 0 Å². The van der Waals surface area contributed by atoms with Crippen molar-refractivity contribution in [3.05, 3.63) is 71.8 Å². The van der Waals surface area contributed by atoms with Crippen LogP contribution < -0.4 is 5.32 Å². The van der Waals surface area contributed by atoms with Gasteiger partial charge in [-0.1, -0.05) is 67.6 Å². The molecule has 1 heterocycles. The van der Waals surface area contributed by atoms with E-state index in [2.05, 4.69) is 17.4 Å². The Balaban J connectivity index is 2.00. The van der Waals surface area contributed by atoms with Gasteiger partial charge in [-0.05, 0) is 31.6 Å². The third kappa shape index (κ3) is 3.98. The molecule has 4 heteroatoms. The van der Waals surface area contributed by atoms with Crippen LogP contribution in [0.1, 0.15) is 18.1 Å². The van der Waals surface area contributed by atoms with Crippen LogP contribution in [0.4, 0.5) is 0 Å². The highest BCUT2D eigenvalue weighted by Crippen LogP contribution is 2.37. The highest BCUT2D eigenvalue weighted by molar-refractivity contribution is 5.92. The Morgan fingerprint density at radius 2 is 1.78 bits per heavy atom. The van der Waals surface area contributed by atoms with Crippen molar-refractivity contribution >= 4 is 5.78 Å². The van der Waals surface area contributed by atoms with E-state index in [1.54, 1.807) is 0 Å². The van der Waals surface area contributed by atoms with E-state index >= 15 is 0 Å². The van der Waals surface area contributed by atoms with E-state index in [0.717, 1.165) is 18.5 Å². The number of morpholine rings is 1. The first kappa shape index (κ1) is 19.7. The Hall–Kier alpha value is -2.01. The average molecular weight is 367 g/mol. The minimum absolute atomic E-state index is 0.125. The predicted octanol–water partition coefficient (Wildman–Crippen LogP) is 2.88. The van der Waals surface area contributed by atoms with Gasteiger partial charge in [-0.2, -0.15) is 0 Å². The molecule has 3 unspecified atom stereocenters. The molecule has 1 aliphatic heterocycles. The number of hydrogen-bond donors (Lipinski definition) is 1. The van der Waals surface area contributed by atoms with Gasteiger partial charge in [0.15, 0.2) is 5.78 Å². The van der Waals surface area contributed by atoms with E-state index in [0.29, 0.717) is 13.2 Å². The molecule has 27 heavy (non-hydrogen) atoms. The molecule has 1 fully saturated rings. The molecular weight excluding hydrogens is 336 g/mol. The van der Waals surface area contributed by atoms with Gasteiger partial charge >= 0.3 is 0 Å². The topological polar surface area (TPSA) is 41.6 Å². The number of carbonyl (C=O) groups is 1. The second-order valence-corrected chi connectivity index (χ2v) is 7.55. The van der Waals surface area contributed by atoms with Gasteiger partial charge in [0.25, 0.3) is 0 Å². The van der Waals surface area contributed by atoms with E-state index in [-0.39, 0.29) is 17.8 Å². The molecule has 0 spiro atoms. The molecular formula is C23H30N2O2. The molecule has 1 N–H and O–H groups in total. The van der Waals surface area contributed by atoms with Crippen molar-refractivity contribution in [1.29, 1.82) is 0 Å². The van der Waals surface area contributed by atoms with Gasteiger partial charge < -0.3 is 10.1 Å². The molecule has 2 aromatic carbocycles. The maximum Gasteiger partial charge on any atom is 0.163 e. The Morgan fingerprint density at radius 1 is 1.15 bits per heavy atom. The molecule has 0 radical (unpaired) electrons. The second-order valence-electron chi connectivity index (χ2n) is 7.55. The number of Topliss-reactive ketones (excluding diaryl/α,β-unsaturated/α-hetero) is 1. The summed E-state index contributed by atoms with van der Waals surface area (Å²) in [5.74, 6) is 0.0804. The molecule has 0 aliphatic carbocycles. The van der Waals surface area contributed by atoms with Gasteiger partial charge in [0, 0.05) is 19.0 Å². The van der Waals surface area contributed by atoms with E-state index < -0.39 is 5.54 Å². The molecule has 0 bridgehead atoms. The van der Waals surface area contributed by atoms with Crippen LogP contribution in [0.25, 0.3) is 0 Å². The van der Waals surface area contributed by atoms with Gasteiger partial charge in [0.05, 0.1) is 12.7 Å². The number of carbonyl (C=O) groups excluding carboxylic acids is 1. The van der Waals surface area contributed by atoms with Gasteiger partial charge in [0.1, 0.15) is 5.54 Å². The lowest BCUT2D eigenvalue weighted by Crippen LogP contribution is -2.63. The molecule has 3 atom stereocenters. The zero-order valence-electron chi connectivity index (χ0n) is 16.5. The average Bonchev–Trinajstić information content (AvgIpc) is 2.70. The molecule has 0 amide bonds. The van der Waals surface area contributed by atoms with Gasteiger partial charge in [0.2, 0.25) is 0 Å². The van der Waals surface area contributed by atoms with E-state index in [1.165, 1.54) is 5.56 Å². The number of nitrogens with one attached hydrogen (secondary N) is 1. The van der Waals surface area contributed by atoms with Crippen molar-refractivity contribution in [2.45, 2.75) is 25.0 Å². The second kappa shape index (κ2) is 8.79. The monoisotopic (exact) mass is 366 g/mol. The van der Waals surface area contributed by atoms with Crippen LogP contribution in [-0.4, -0.2) is 50.6 Å². The third-order valence-electron chi connectivity index (χ3n) is 5.52. The van der Waals surface area contributed by atoms with Crippen molar-refractivity contribution in [2.75, 3.05) is 33.8 Å². The number of nitrogens with zero attached hydrogens (tertiary/aromatic N) is 1. The first-order valence-corrected chi connectivity index (χ1v) is 9.70. The van der Waals surface area contributed by atoms with Crippen molar-refractivity contribution in [2.24, 2.45) is 5.92 Å². The summed E-state index contributed by atoms with van der Waals surface area (Å²) in [7, 11) is 3.97. The fraction of sp³-hybridized carbons (Fsp3) is 0.435. The Labute approximate surface area is 162 Å². The summed E-state index contributed by atoms with van der Waals surface area (Å²) >= 11 is 0. The van der Waals surface area contributed by atoms with Gasteiger partial charge in [-0.15, -0.1) is 0 Å². The first-order valence-electron chi connectivity index (χ1n) is 9.70. The summed E-state index contributed by atoms with van der Waals surface area (Å²) in [6, 6.07) is 20.3. The molecule has 1 saturated heterocycles. The smallest absolute Gasteiger partial charge is 0.163 e. The standard InChI is InChI=1S/C23H30N2O2/c1-18(16-19-10-6-4-7-11-19)22(26)23(25(2)3,20-12-8-5-9-13-20)21-17-24-14-15-27-21/h4-13,18,21,24H,14-17H2,1-3H3. The van der Waals surface area contributed by atoms with E-state index in [4.69, 9.17) is 4.74 Å². The molecule has 3 rings (SSSR count). The van der Waals surface area contributed by atoms with Crippen LogP contribution >= 0.6 is 0 Å². The summed E-state index contributed by atoms with van der Waals surface area (Å²) < 4.78 is 6.16. The Bertz CT molecular complexity index is 727. The number of ketones is 1. The zero-order valence-corrected chi connectivity index (χ0v) is 16.5. The number of hydrogen-bond acceptors (Lipinski definition) is 4. The van der Waals surface area contributed by atoms with Crippen LogP contribution in [-0.2, 0) is 21.5 Å². The fourth-order valence-electron chi connectivity index (χ4n) is 4.22. The van der Waals surface area contributed by atoms with Crippen molar-refractivity contribution in [3.63, 3.8) is 0 Å². The fourth-order valence-corrected chi connectivity index (χ4v) is 4.22. The Kier molecular flexibility index (Phi) is 6.42. The maximum atomic E-state index is 14.0.